The molecule has 0 saturated carbocycles. The van der Waals surface area contributed by atoms with Gasteiger partial charge in [-0.25, -0.2) is 17.5 Å². The SMILES string of the molecule is COc1ccc(CCC(C)NS(=O)(=O)c2ccc(F)cc2Br)cc1. The Balaban J connectivity index is 1.98. The van der Waals surface area contributed by atoms with E-state index >= 15 is 0 Å². The molecule has 0 aliphatic heterocycles. The number of methoxy groups -OCH3 is 1. The summed E-state index contributed by atoms with van der Waals surface area (Å²) < 4.78 is 45.8. The average Bonchev–Trinajstić information content (AvgIpc) is 2.52. The summed E-state index contributed by atoms with van der Waals surface area (Å²) in [6, 6.07) is 10.9. The number of nitrogens with one attached hydrogen (secondary N) is 1. The molecule has 1 unspecified atom stereocenters. The zero-order valence-electron chi connectivity index (χ0n) is 13.4. The minimum atomic E-state index is -3.71. The van der Waals surface area contributed by atoms with Crippen LogP contribution in [0.2, 0.25) is 0 Å². The maximum absolute atomic E-state index is 13.1. The Bertz CT molecular complexity index is 794. The molecular formula is C17H19BrFNO3S. The monoisotopic (exact) mass is 415 g/mol. The highest BCUT2D eigenvalue weighted by Crippen LogP contribution is 2.23. The lowest BCUT2D eigenvalue weighted by molar-refractivity contribution is 0.414. The van der Waals surface area contributed by atoms with Gasteiger partial charge in [0.05, 0.1) is 12.0 Å². The molecule has 0 amide bonds. The van der Waals surface area contributed by atoms with Gasteiger partial charge in [-0.1, -0.05) is 12.1 Å². The lowest BCUT2D eigenvalue weighted by Gasteiger charge is -2.15. The van der Waals surface area contributed by atoms with Gasteiger partial charge >= 0.3 is 0 Å². The number of benzene rings is 2. The van der Waals surface area contributed by atoms with Crippen molar-refractivity contribution in [2.45, 2.75) is 30.7 Å². The third kappa shape index (κ3) is 5.03. The predicted octanol–water partition coefficient (Wildman–Crippen LogP) is 3.90. The highest BCUT2D eigenvalue weighted by Gasteiger charge is 2.20. The van der Waals surface area contributed by atoms with Crippen molar-refractivity contribution in [2.24, 2.45) is 0 Å². The molecule has 7 heteroatoms. The third-order valence-corrected chi connectivity index (χ3v) is 6.13. The van der Waals surface area contributed by atoms with Gasteiger partial charge in [0.25, 0.3) is 0 Å². The molecule has 1 atom stereocenters. The van der Waals surface area contributed by atoms with E-state index in [-0.39, 0.29) is 15.4 Å². The first kappa shape index (κ1) is 18.9. The van der Waals surface area contributed by atoms with Crippen LogP contribution >= 0.6 is 15.9 Å². The summed E-state index contributed by atoms with van der Waals surface area (Å²) in [6.07, 6.45) is 1.38. The van der Waals surface area contributed by atoms with Crippen molar-refractivity contribution in [2.75, 3.05) is 7.11 Å². The molecule has 0 heterocycles. The topological polar surface area (TPSA) is 55.4 Å². The summed E-state index contributed by atoms with van der Waals surface area (Å²) in [7, 11) is -2.09. The highest BCUT2D eigenvalue weighted by atomic mass is 79.9. The fourth-order valence-electron chi connectivity index (χ4n) is 2.26. The Morgan fingerprint density at radius 1 is 1.21 bits per heavy atom. The van der Waals surface area contributed by atoms with Gasteiger partial charge in [0, 0.05) is 10.5 Å². The largest absolute Gasteiger partial charge is 0.497 e. The van der Waals surface area contributed by atoms with Crippen LogP contribution in [0.1, 0.15) is 18.9 Å². The summed E-state index contributed by atoms with van der Waals surface area (Å²) in [5, 5.41) is 0. The summed E-state index contributed by atoms with van der Waals surface area (Å²) >= 11 is 3.09. The molecular weight excluding hydrogens is 397 g/mol. The van der Waals surface area contributed by atoms with Gasteiger partial charge in [-0.3, -0.25) is 0 Å². The Kier molecular flexibility index (Phi) is 6.37. The van der Waals surface area contributed by atoms with Crippen molar-refractivity contribution < 1.29 is 17.5 Å². The van der Waals surface area contributed by atoms with E-state index in [4.69, 9.17) is 4.74 Å². The molecule has 2 aromatic carbocycles. The van der Waals surface area contributed by atoms with Crippen molar-refractivity contribution in [1.29, 1.82) is 0 Å². The van der Waals surface area contributed by atoms with E-state index in [0.29, 0.717) is 6.42 Å². The maximum atomic E-state index is 13.1. The Morgan fingerprint density at radius 3 is 2.46 bits per heavy atom. The second kappa shape index (κ2) is 8.09. The number of hydrogen-bond acceptors (Lipinski definition) is 3. The van der Waals surface area contributed by atoms with Crippen LogP contribution < -0.4 is 9.46 Å². The summed E-state index contributed by atoms with van der Waals surface area (Å²) in [5.74, 6) is 0.294. The lowest BCUT2D eigenvalue weighted by Crippen LogP contribution is -2.33. The van der Waals surface area contributed by atoms with E-state index in [0.717, 1.165) is 29.9 Å². The molecule has 0 aliphatic carbocycles. The van der Waals surface area contributed by atoms with Crippen LogP contribution in [0.5, 0.6) is 5.75 Å². The number of ether oxygens (including phenoxy) is 1. The van der Waals surface area contributed by atoms with Crippen molar-refractivity contribution in [3.05, 3.63) is 58.3 Å². The first-order valence-electron chi connectivity index (χ1n) is 7.42. The third-order valence-electron chi connectivity index (χ3n) is 3.56. The standard InChI is InChI=1S/C17H19BrFNO3S/c1-12(3-4-13-5-8-15(23-2)9-6-13)20-24(21,22)17-10-7-14(19)11-16(17)18/h5-12,20H,3-4H2,1-2H3. The Morgan fingerprint density at radius 2 is 1.88 bits per heavy atom. The van der Waals surface area contributed by atoms with Gasteiger partial charge in [0.15, 0.2) is 0 Å². The van der Waals surface area contributed by atoms with Crippen LogP contribution in [0.4, 0.5) is 4.39 Å². The smallest absolute Gasteiger partial charge is 0.241 e. The quantitative estimate of drug-likeness (QED) is 0.745. The minimum absolute atomic E-state index is 0.0280. The zero-order chi connectivity index (χ0) is 17.7. The van der Waals surface area contributed by atoms with Crippen molar-refractivity contribution in [1.82, 2.24) is 4.72 Å². The molecule has 130 valence electrons. The number of hydrogen-bond donors (Lipinski definition) is 1. The molecule has 2 rings (SSSR count). The van der Waals surface area contributed by atoms with Crippen LogP contribution in [0.3, 0.4) is 0 Å². The molecule has 0 aliphatic rings. The second-order valence-corrected chi connectivity index (χ2v) is 8.02. The molecule has 0 aromatic heterocycles. The number of rotatable bonds is 7. The molecule has 2 aromatic rings. The molecule has 24 heavy (non-hydrogen) atoms. The van der Waals surface area contributed by atoms with Gasteiger partial charge in [-0.05, 0) is 71.6 Å². The molecule has 0 spiro atoms. The van der Waals surface area contributed by atoms with Gasteiger partial charge in [0.2, 0.25) is 10.0 Å². The van der Waals surface area contributed by atoms with Gasteiger partial charge in [-0.15, -0.1) is 0 Å². The van der Waals surface area contributed by atoms with Crippen LogP contribution in [-0.4, -0.2) is 21.6 Å². The van der Waals surface area contributed by atoms with E-state index in [1.807, 2.05) is 24.3 Å². The molecule has 4 nitrogen and oxygen atoms in total. The van der Waals surface area contributed by atoms with Crippen LogP contribution in [0.25, 0.3) is 0 Å². The molecule has 0 fully saturated rings. The zero-order valence-corrected chi connectivity index (χ0v) is 15.8. The number of sulfonamides is 1. The fourth-order valence-corrected chi connectivity index (χ4v) is 4.58. The van der Waals surface area contributed by atoms with E-state index in [1.54, 1.807) is 14.0 Å². The Hall–Kier alpha value is -1.44. The summed E-state index contributed by atoms with van der Waals surface area (Å²) in [6.45, 7) is 1.80. The number of halogens is 2. The van der Waals surface area contributed by atoms with Crippen LogP contribution in [0.15, 0.2) is 51.8 Å². The first-order valence-corrected chi connectivity index (χ1v) is 9.70. The van der Waals surface area contributed by atoms with Crippen molar-refractivity contribution in [3.8, 4) is 5.75 Å². The summed E-state index contributed by atoms with van der Waals surface area (Å²) in [5.41, 5.74) is 1.10. The summed E-state index contributed by atoms with van der Waals surface area (Å²) in [4.78, 5) is 0.0280. The molecule has 1 N–H and O–H groups in total. The van der Waals surface area contributed by atoms with Crippen LogP contribution in [0, 0.1) is 5.82 Å². The van der Waals surface area contributed by atoms with E-state index < -0.39 is 15.8 Å². The fraction of sp³-hybridized carbons (Fsp3) is 0.294. The molecule has 0 bridgehead atoms. The van der Waals surface area contributed by atoms with Gasteiger partial charge in [-0.2, -0.15) is 0 Å². The van der Waals surface area contributed by atoms with Gasteiger partial charge in [0.1, 0.15) is 11.6 Å². The van der Waals surface area contributed by atoms with E-state index in [9.17, 15) is 12.8 Å². The predicted molar refractivity (Wildman–Crippen MR) is 95.2 cm³/mol. The van der Waals surface area contributed by atoms with E-state index in [1.165, 1.54) is 6.07 Å². The Labute approximate surface area is 150 Å². The number of aryl methyl sites for hydroxylation is 1. The second-order valence-electron chi connectivity index (χ2n) is 5.48. The lowest BCUT2D eigenvalue weighted by atomic mass is 10.1. The van der Waals surface area contributed by atoms with Crippen molar-refractivity contribution in [3.63, 3.8) is 0 Å². The van der Waals surface area contributed by atoms with Gasteiger partial charge < -0.3 is 4.74 Å². The molecule has 0 radical (unpaired) electrons. The van der Waals surface area contributed by atoms with Crippen LogP contribution in [-0.2, 0) is 16.4 Å². The average molecular weight is 416 g/mol. The first-order chi connectivity index (χ1) is 11.3. The minimum Gasteiger partial charge on any atom is -0.497 e. The molecule has 0 saturated heterocycles. The maximum Gasteiger partial charge on any atom is 0.241 e. The highest BCUT2D eigenvalue weighted by molar-refractivity contribution is 9.10. The van der Waals surface area contributed by atoms with E-state index in [2.05, 4.69) is 20.7 Å². The van der Waals surface area contributed by atoms with Crippen molar-refractivity contribution >= 4 is 26.0 Å². The normalized spacial score (nSPS) is 12.8.